The Morgan fingerprint density at radius 3 is 2.70 bits per heavy atom. The topological polar surface area (TPSA) is 112 Å². The van der Waals surface area contributed by atoms with Crippen molar-refractivity contribution in [1.82, 2.24) is 0 Å². The second-order valence-corrected chi connectivity index (χ2v) is 6.01. The van der Waals surface area contributed by atoms with Crippen molar-refractivity contribution in [3.63, 3.8) is 0 Å². The number of rotatable bonds is 5. The summed E-state index contributed by atoms with van der Waals surface area (Å²) in [5.74, 6) is -1.42. The number of halogens is 1. The van der Waals surface area contributed by atoms with Gasteiger partial charge in [-0.1, -0.05) is 29.8 Å². The van der Waals surface area contributed by atoms with E-state index < -0.39 is 23.4 Å². The molecule has 1 amide bonds. The van der Waals surface area contributed by atoms with Crippen LogP contribution in [0, 0.1) is 17.0 Å². The van der Waals surface area contributed by atoms with Gasteiger partial charge in [0.05, 0.1) is 4.92 Å². The number of aryl methyl sites for hydroxylation is 1. The quantitative estimate of drug-likeness (QED) is 0.400. The van der Waals surface area contributed by atoms with Crippen molar-refractivity contribution in [2.75, 3.05) is 11.9 Å². The molecule has 0 saturated carbocycles. The van der Waals surface area contributed by atoms with Crippen LogP contribution in [0.4, 0.5) is 11.4 Å². The number of nitrogens with zero attached hydrogens (tertiary/aromatic N) is 1. The molecule has 0 aliphatic heterocycles. The molecular weight excluding hydrogens is 376 g/mol. The van der Waals surface area contributed by atoms with E-state index in [-0.39, 0.29) is 22.2 Å². The predicted molar refractivity (Wildman–Crippen MR) is 98.0 cm³/mol. The van der Waals surface area contributed by atoms with Gasteiger partial charge < -0.3 is 14.5 Å². The van der Waals surface area contributed by atoms with Crippen LogP contribution < -0.4 is 5.32 Å². The number of esters is 1. The van der Waals surface area contributed by atoms with Gasteiger partial charge in [0.15, 0.2) is 6.61 Å². The summed E-state index contributed by atoms with van der Waals surface area (Å²) in [4.78, 5) is 34.3. The average molecular weight is 389 g/mol. The van der Waals surface area contributed by atoms with Crippen LogP contribution in [0.2, 0.25) is 5.02 Å². The van der Waals surface area contributed by atoms with Crippen molar-refractivity contribution < 1.29 is 23.7 Å². The molecule has 0 atom stereocenters. The number of ether oxygens (including phenoxy) is 1. The average Bonchev–Trinajstić information content (AvgIpc) is 2.98. The first-order valence-electron chi connectivity index (χ1n) is 7.76. The fraction of sp³-hybridized carbons (Fsp3) is 0.111. The van der Waals surface area contributed by atoms with Crippen molar-refractivity contribution >= 4 is 45.8 Å². The van der Waals surface area contributed by atoms with E-state index in [1.54, 1.807) is 19.1 Å². The molecule has 0 bridgehead atoms. The van der Waals surface area contributed by atoms with Crippen LogP contribution in [0.25, 0.3) is 11.0 Å². The van der Waals surface area contributed by atoms with Crippen LogP contribution in [0.5, 0.6) is 0 Å². The third-order valence-electron chi connectivity index (χ3n) is 3.79. The van der Waals surface area contributed by atoms with Crippen molar-refractivity contribution in [2.24, 2.45) is 0 Å². The SMILES string of the molecule is Cc1c(C(=O)OCC(=O)Nc2ccc(Cl)c([N+](=O)[O-])c2)oc2ccccc12. The molecule has 3 aromatic rings. The van der Waals surface area contributed by atoms with E-state index in [1.807, 2.05) is 12.1 Å². The molecule has 1 aromatic heterocycles. The highest BCUT2D eigenvalue weighted by atomic mass is 35.5. The molecule has 1 heterocycles. The van der Waals surface area contributed by atoms with Gasteiger partial charge in [-0.15, -0.1) is 0 Å². The Kier molecular flexibility index (Phi) is 5.09. The number of hydrogen-bond donors (Lipinski definition) is 1. The van der Waals surface area contributed by atoms with Crippen LogP contribution >= 0.6 is 11.6 Å². The summed E-state index contributed by atoms with van der Waals surface area (Å²) in [6, 6.07) is 10.9. The minimum Gasteiger partial charge on any atom is -0.450 e. The summed E-state index contributed by atoms with van der Waals surface area (Å²) in [5, 5.41) is 14.0. The van der Waals surface area contributed by atoms with Crippen LogP contribution in [-0.2, 0) is 9.53 Å². The van der Waals surface area contributed by atoms with E-state index in [0.717, 1.165) is 11.5 Å². The van der Waals surface area contributed by atoms with E-state index in [9.17, 15) is 19.7 Å². The standard InChI is InChI=1S/C18H13ClN2O6/c1-10-12-4-2-3-5-15(12)27-17(10)18(23)26-9-16(22)20-11-6-7-13(19)14(8-11)21(24)25/h2-8H,9H2,1H3,(H,20,22). The largest absolute Gasteiger partial charge is 0.450 e. The molecule has 27 heavy (non-hydrogen) atoms. The van der Waals surface area contributed by atoms with Gasteiger partial charge in [-0.3, -0.25) is 14.9 Å². The molecule has 0 fully saturated rings. The van der Waals surface area contributed by atoms with Gasteiger partial charge in [0.2, 0.25) is 5.76 Å². The lowest BCUT2D eigenvalue weighted by Gasteiger charge is -2.06. The lowest BCUT2D eigenvalue weighted by molar-refractivity contribution is -0.384. The van der Waals surface area contributed by atoms with Crippen molar-refractivity contribution in [2.45, 2.75) is 6.92 Å². The molecule has 138 valence electrons. The summed E-state index contributed by atoms with van der Waals surface area (Å²) in [6.45, 7) is 1.14. The van der Waals surface area contributed by atoms with E-state index in [2.05, 4.69) is 5.32 Å². The van der Waals surface area contributed by atoms with Crippen molar-refractivity contribution in [1.29, 1.82) is 0 Å². The van der Waals surface area contributed by atoms with Crippen molar-refractivity contribution in [3.05, 3.63) is 68.9 Å². The maximum atomic E-state index is 12.2. The number of nitrogens with one attached hydrogen (secondary N) is 1. The Bertz CT molecular complexity index is 1060. The Morgan fingerprint density at radius 1 is 1.26 bits per heavy atom. The molecule has 0 aliphatic rings. The smallest absolute Gasteiger partial charge is 0.375 e. The summed E-state index contributed by atoms with van der Waals surface area (Å²) in [5.41, 5.74) is 0.973. The van der Waals surface area contributed by atoms with Gasteiger partial charge in [-0.05, 0) is 25.1 Å². The fourth-order valence-electron chi connectivity index (χ4n) is 2.49. The molecule has 0 unspecified atom stereocenters. The first-order chi connectivity index (χ1) is 12.9. The molecule has 0 saturated heterocycles. The van der Waals surface area contributed by atoms with E-state index >= 15 is 0 Å². The minimum atomic E-state index is -0.777. The molecule has 3 rings (SSSR count). The molecule has 2 aromatic carbocycles. The molecule has 0 aliphatic carbocycles. The Hall–Kier alpha value is -3.39. The molecule has 0 radical (unpaired) electrons. The van der Waals surface area contributed by atoms with Gasteiger partial charge in [0.1, 0.15) is 10.6 Å². The number of anilines is 1. The number of carbonyl (C=O) groups excluding carboxylic acids is 2. The first kappa shape index (κ1) is 18.4. The van der Waals surface area contributed by atoms with Crippen LogP contribution in [0.3, 0.4) is 0 Å². The highest BCUT2D eigenvalue weighted by Crippen LogP contribution is 2.27. The highest BCUT2D eigenvalue weighted by molar-refractivity contribution is 6.32. The van der Waals surface area contributed by atoms with Gasteiger partial charge >= 0.3 is 5.97 Å². The third-order valence-corrected chi connectivity index (χ3v) is 4.11. The van der Waals surface area contributed by atoms with E-state index in [1.165, 1.54) is 12.1 Å². The maximum Gasteiger partial charge on any atom is 0.375 e. The highest BCUT2D eigenvalue weighted by Gasteiger charge is 2.20. The Balaban J connectivity index is 1.65. The predicted octanol–water partition coefficient (Wildman–Crippen LogP) is 4.10. The van der Waals surface area contributed by atoms with Gasteiger partial charge in [-0.2, -0.15) is 0 Å². The number of nitro groups is 1. The zero-order chi connectivity index (χ0) is 19.6. The number of amides is 1. The number of nitro benzene ring substituents is 1. The Labute approximate surface area is 157 Å². The molecular formula is C18H13ClN2O6. The lowest BCUT2D eigenvalue weighted by Crippen LogP contribution is -2.21. The summed E-state index contributed by atoms with van der Waals surface area (Å²) in [6.07, 6.45) is 0. The molecule has 9 heteroatoms. The fourth-order valence-corrected chi connectivity index (χ4v) is 2.68. The molecule has 8 nitrogen and oxygen atoms in total. The van der Waals surface area contributed by atoms with Crippen LogP contribution in [0.1, 0.15) is 16.1 Å². The molecule has 0 spiro atoms. The maximum absolute atomic E-state index is 12.2. The van der Waals surface area contributed by atoms with E-state index in [0.29, 0.717) is 11.1 Å². The number of benzene rings is 2. The number of carbonyl (C=O) groups is 2. The number of hydrogen-bond acceptors (Lipinski definition) is 6. The zero-order valence-corrected chi connectivity index (χ0v) is 14.8. The van der Waals surface area contributed by atoms with Gasteiger partial charge in [0, 0.05) is 22.7 Å². The monoisotopic (exact) mass is 388 g/mol. The lowest BCUT2D eigenvalue weighted by atomic mass is 10.1. The number of fused-ring (bicyclic) bond motifs is 1. The number of furan rings is 1. The second-order valence-electron chi connectivity index (χ2n) is 5.60. The number of para-hydroxylation sites is 1. The summed E-state index contributed by atoms with van der Waals surface area (Å²) >= 11 is 5.71. The minimum absolute atomic E-state index is 0.0196. The van der Waals surface area contributed by atoms with E-state index in [4.69, 9.17) is 20.8 Å². The summed E-state index contributed by atoms with van der Waals surface area (Å²) in [7, 11) is 0. The van der Waals surface area contributed by atoms with Crippen molar-refractivity contribution in [3.8, 4) is 0 Å². The van der Waals surface area contributed by atoms with Crippen LogP contribution in [-0.4, -0.2) is 23.4 Å². The summed E-state index contributed by atoms with van der Waals surface area (Å²) < 4.78 is 10.4. The second kappa shape index (κ2) is 7.46. The van der Waals surface area contributed by atoms with Crippen LogP contribution in [0.15, 0.2) is 46.9 Å². The molecule has 1 N–H and O–H groups in total. The zero-order valence-electron chi connectivity index (χ0n) is 14.0. The van der Waals surface area contributed by atoms with Gasteiger partial charge in [-0.25, -0.2) is 4.79 Å². The van der Waals surface area contributed by atoms with Gasteiger partial charge in [0.25, 0.3) is 11.6 Å². The Morgan fingerprint density at radius 2 is 2.00 bits per heavy atom. The normalized spacial score (nSPS) is 10.6. The third kappa shape index (κ3) is 3.90. The first-order valence-corrected chi connectivity index (χ1v) is 8.13.